The molecule has 2 rings (SSSR count). The third-order valence-corrected chi connectivity index (χ3v) is 7.68. The van der Waals surface area contributed by atoms with Crippen molar-refractivity contribution in [2.75, 3.05) is 0 Å². The maximum absolute atomic E-state index is 12.4. The third-order valence-electron chi connectivity index (χ3n) is 7.68. The van der Waals surface area contributed by atoms with Crippen molar-refractivity contribution < 1.29 is 9.59 Å². The van der Waals surface area contributed by atoms with Crippen LogP contribution >= 0.6 is 0 Å². The summed E-state index contributed by atoms with van der Waals surface area (Å²) in [4.78, 5) is 24.3. The van der Waals surface area contributed by atoms with Gasteiger partial charge in [-0.15, -0.1) is 0 Å². The number of ketones is 2. The lowest BCUT2D eigenvalue weighted by atomic mass is 9.77. The molecule has 0 N–H and O–H groups in total. The predicted octanol–water partition coefficient (Wildman–Crippen LogP) is 9.60. The van der Waals surface area contributed by atoms with Gasteiger partial charge in [0.05, 0.1) is 6.42 Å². The van der Waals surface area contributed by atoms with Crippen molar-refractivity contribution in [3.8, 4) is 0 Å². The van der Waals surface area contributed by atoms with Gasteiger partial charge in [0.2, 0.25) is 0 Å². The summed E-state index contributed by atoms with van der Waals surface area (Å²) in [6, 6.07) is 8.16. The zero-order valence-corrected chi connectivity index (χ0v) is 21.7. The monoisotopic (exact) mass is 454 g/mol. The minimum absolute atomic E-state index is 0.0251. The summed E-state index contributed by atoms with van der Waals surface area (Å²) in [5.41, 5.74) is 2.07. The van der Waals surface area contributed by atoms with Crippen LogP contribution in [-0.4, -0.2) is 11.6 Å². The zero-order valence-electron chi connectivity index (χ0n) is 21.7. The van der Waals surface area contributed by atoms with E-state index in [0.29, 0.717) is 17.9 Å². The predicted molar refractivity (Wildman–Crippen MR) is 141 cm³/mol. The summed E-state index contributed by atoms with van der Waals surface area (Å²) in [6.07, 6.45) is 23.4. The van der Waals surface area contributed by atoms with Crippen LogP contribution in [0, 0.1) is 5.92 Å². The highest BCUT2D eigenvalue weighted by Crippen LogP contribution is 2.37. The number of rotatable bonds is 18. The molecule has 0 spiro atoms. The van der Waals surface area contributed by atoms with Crippen LogP contribution in [0.1, 0.15) is 158 Å². The average molecular weight is 455 g/mol. The molecule has 0 amide bonds. The van der Waals surface area contributed by atoms with Crippen molar-refractivity contribution in [2.45, 2.75) is 142 Å². The average Bonchev–Trinajstić information content (AvgIpc) is 2.84. The molecule has 2 nitrogen and oxygen atoms in total. The van der Waals surface area contributed by atoms with Gasteiger partial charge in [0.1, 0.15) is 5.78 Å². The van der Waals surface area contributed by atoms with Crippen molar-refractivity contribution >= 4 is 11.6 Å². The lowest BCUT2D eigenvalue weighted by Gasteiger charge is -2.29. The Morgan fingerprint density at radius 3 is 1.82 bits per heavy atom. The molecule has 0 atom stereocenters. The molecule has 1 fully saturated rings. The lowest BCUT2D eigenvalue weighted by Crippen LogP contribution is -2.13. The van der Waals surface area contributed by atoms with Gasteiger partial charge in [0.25, 0.3) is 0 Å². The SMILES string of the molecule is CCCCCCCCCCCCC1CCC(c2ccc(C(=O)CC(=O)CCCC)cc2)CC1. The van der Waals surface area contributed by atoms with Gasteiger partial charge < -0.3 is 0 Å². The van der Waals surface area contributed by atoms with Crippen LogP contribution in [0.5, 0.6) is 0 Å². The summed E-state index contributed by atoms with van der Waals surface area (Å²) >= 11 is 0. The van der Waals surface area contributed by atoms with E-state index in [1.165, 1.54) is 102 Å². The van der Waals surface area contributed by atoms with E-state index in [1.807, 2.05) is 12.1 Å². The van der Waals surface area contributed by atoms with Crippen molar-refractivity contribution in [3.05, 3.63) is 35.4 Å². The Morgan fingerprint density at radius 1 is 0.697 bits per heavy atom. The van der Waals surface area contributed by atoms with E-state index in [0.717, 1.165) is 18.8 Å². The largest absolute Gasteiger partial charge is 0.299 e. The quantitative estimate of drug-likeness (QED) is 0.126. The van der Waals surface area contributed by atoms with Gasteiger partial charge in [-0.25, -0.2) is 0 Å². The molecule has 0 aromatic heterocycles. The van der Waals surface area contributed by atoms with Crippen LogP contribution < -0.4 is 0 Å². The lowest BCUT2D eigenvalue weighted by molar-refractivity contribution is -0.118. The standard InChI is InChI=1S/C31H50O2/c1-3-5-7-8-9-10-11-12-13-14-15-26-17-19-27(20-18-26)28-21-23-29(24-22-28)31(33)25-30(32)16-6-4-2/h21-24,26-27H,3-20,25H2,1-2H3. The normalized spacial score (nSPS) is 18.4. The summed E-state index contributed by atoms with van der Waals surface area (Å²) in [5.74, 6) is 1.61. The second-order valence-corrected chi connectivity index (χ2v) is 10.6. The summed E-state index contributed by atoms with van der Waals surface area (Å²) in [5, 5.41) is 0. The summed E-state index contributed by atoms with van der Waals surface area (Å²) in [6.45, 7) is 4.36. The van der Waals surface area contributed by atoms with E-state index in [1.54, 1.807) is 0 Å². The molecule has 1 aromatic carbocycles. The van der Waals surface area contributed by atoms with Gasteiger partial charge >= 0.3 is 0 Å². The van der Waals surface area contributed by atoms with Gasteiger partial charge in [-0.1, -0.05) is 115 Å². The van der Waals surface area contributed by atoms with E-state index in [9.17, 15) is 9.59 Å². The second-order valence-electron chi connectivity index (χ2n) is 10.6. The number of benzene rings is 1. The molecule has 0 aliphatic heterocycles. The van der Waals surface area contributed by atoms with Crippen molar-refractivity contribution in [2.24, 2.45) is 5.92 Å². The van der Waals surface area contributed by atoms with E-state index in [4.69, 9.17) is 0 Å². The van der Waals surface area contributed by atoms with E-state index in [2.05, 4.69) is 26.0 Å². The minimum Gasteiger partial charge on any atom is -0.299 e. The van der Waals surface area contributed by atoms with Crippen molar-refractivity contribution in [1.82, 2.24) is 0 Å². The molecule has 0 radical (unpaired) electrons. The number of hydrogen-bond acceptors (Lipinski definition) is 2. The maximum atomic E-state index is 12.4. The topological polar surface area (TPSA) is 34.1 Å². The highest BCUT2D eigenvalue weighted by atomic mass is 16.1. The highest BCUT2D eigenvalue weighted by molar-refractivity contribution is 6.07. The molecule has 2 heteroatoms. The Hall–Kier alpha value is -1.44. The molecule has 1 aliphatic rings. The molecular formula is C31H50O2. The van der Waals surface area contributed by atoms with Gasteiger partial charge in [-0.2, -0.15) is 0 Å². The fraction of sp³-hybridized carbons (Fsp3) is 0.742. The van der Waals surface area contributed by atoms with E-state index >= 15 is 0 Å². The first kappa shape index (κ1) is 27.8. The molecule has 0 unspecified atom stereocenters. The van der Waals surface area contributed by atoms with Crippen LogP contribution in [-0.2, 0) is 4.79 Å². The number of hydrogen-bond donors (Lipinski definition) is 0. The first-order valence-corrected chi connectivity index (χ1v) is 14.3. The Morgan fingerprint density at radius 2 is 1.24 bits per heavy atom. The number of carbonyl (C=O) groups excluding carboxylic acids is 2. The van der Waals surface area contributed by atoms with Crippen LogP contribution in [0.15, 0.2) is 24.3 Å². The van der Waals surface area contributed by atoms with Gasteiger partial charge in [0.15, 0.2) is 5.78 Å². The highest BCUT2D eigenvalue weighted by Gasteiger charge is 2.22. The zero-order chi connectivity index (χ0) is 23.7. The molecule has 186 valence electrons. The Bertz CT molecular complexity index is 652. The number of unbranched alkanes of at least 4 members (excludes halogenated alkanes) is 10. The smallest absolute Gasteiger partial charge is 0.170 e. The fourth-order valence-electron chi connectivity index (χ4n) is 5.39. The van der Waals surface area contributed by atoms with Crippen LogP contribution in [0.25, 0.3) is 0 Å². The first-order chi connectivity index (χ1) is 16.1. The molecule has 0 saturated heterocycles. The van der Waals surface area contributed by atoms with Gasteiger partial charge in [-0.3, -0.25) is 9.59 Å². The van der Waals surface area contributed by atoms with Crippen LogP contribution in [0.2, 0.25) is 0 Å². The molecule has 0 heterocycles. The fourth-order valence-corrected chi connectivity index (χ4v) is 5.39. The van der Waals surface area contributed by atoms with Gasteiger partial charge in [0, 0.05) is 12.0 Å². The molecular weight excluding hydrogens is 404 g/mol. The second kappa shape index (κ2) is 17.1. The molecule has 1 aromatic rings. The minimum atomic E-state index is -0.0251. The Labute approximate surface area is 204 Å². The molecule has 33 heavy (non-hydrogen) atoms. The van der Waals surface area contributed by atoms with E-state index in [-0.39, 0.29) is 18.0 Å². The van der Waals surface area contributed by atoms with Gasteiger partial charge in [-0.05, 0) is 49.5 Å². The number of Topliss-reactive ketones (excluding diaryl/α,β-unsaturated/α-hetero) is 2. The maximum Gasteiger partial charge on any atom is 0.170 e. The van der Waals surface area contributed by atoms with Crippen molar-refractivity contribution in [3.63, 3.8) is 0 Å². The molecule has 1 aliphatic carbocycles. The Kier molecular flexibility index (Phi) is 14.4. The third kappa shape index (κ3) is 11.5. The summed E-state index contributed by atoms with van der Waals surface area (Å²) < 4.78 is 0. The molecule has 0 bridgehead atoms. The van der Waals surface area contributed by atoms with Crippen LogP contribution in [0.4, 0.5) is 0 Å². The molecule has 1 saturated carbocycles. The number of carbonyl (C=O) groups is 2. The first-order valence-electron chi connectivity index (χ1n) is 14.3. The Balaban J connectivity index is 1.58. The van der Waals surface area contributed by atoms with Crippen LogP contribution in [0.3, 0.4) is 0 Å². The van der Waals surface area contributed by atoms with E-state index < -0.39 is 0 Å². The van der Waals surface area contributed by atoms with Crippen molar-refractivity contribution in [1.29, 1.82) is 0 Å². The summed E-state index contributed by atoms with van der Waals surface area (Å²) in [7, 11) is 0.